The van der Waals surface area contributed by atoms with Crippen molar-refractivity contribution >= 4 is 21.6 Å². The molecule has 0 bridgehead atoms. The highest BCUT2D eigenvalue weighted by atomic mass is 79.9. The fourth-order valence-electron chi connectivity index (χ4n) is 0.931. The predicted octanol–water partition coefficient (Wildman–Crippen LogP) is 3.62. The van der Waals surface area contributed by atoms with E-state index in [-0.39, 0.29) is 0 Å². The third-order valence-electron chi connectivity index (χ3n) is 1.67. The standard InChI is InChI=1S/C9H8BrN/c1-6-4-5-8(11-3)7(2)9(6)10/h4-5H,1-2H3. The van der Waals surface area contributed by atoms with Gasteiger partial charge in [-0.3, -0.25) is 0 Å². The molecule has 0 heterocycles. The van der Waals surface area contributed by atoms with E-state index in [1.807, 2.05) is 26.0 Å². The smallest absolute Gasteiger partial charge is 0.191 e. The highest BCUT2D eigenvalue weighted by Crippen LogP contribution is 2.28. The summed E-state index contributed by atoms with van der Waals surface area (Å²) in [5.41, 5.74) is 2.93. The van der Waals surface area contributed by atoms with E-state index in [4.69, 9.17) is 6.57 Å². The average molecular weight is 210 g/mol. The molecule has 0 aliphatic carbocycles. The lowest BCUT2D eigenvalue weighted by molar-refractivity contribution is 1.35. The van der Waals surface area contributed by atoms with Crippen LogP contribution in [0.25, 0.3) is 4.85 Å². The fraction of sp³-hybridized carbons (Fsp3) is 0.222. The van der Waals surface area contributed by atoms with E-state index in [1.165, 1.54) is 5.56 Å². The number of hydrogen-bond donors (Lipinski definition) is 0. The van der Waals surface area contributed by atoms with Crippen LogP contribution in [0.2, 0.25) is 0 Å². The molecular formula is C9H8BrN. The molecule has 56 valence electrons. The van der Waals surface area contributed by atoms with Gasteiger partial charge in [-0.1, -0.05) is 28.1 Å². The molecule has 0 saturated heterocycles. The van der Waals surface area contributed by atoms with Crippen molar-refractivity contribution in [3.05, 3.63) is 39.1 Å². The molecule has 0 spiro atoms. The molecule has 0 fully saturated rings. The second-order valence-electron chi connectivity index (χ2n) is 2.45. The maximum atomic E-state index is 6.86. The van der Waals surface area contributed by atoms with E-state index in [2.05, 4.69) is 20.8 Å². The zero-order chi connectivity index (χ0) is 8.43. The Hall–Kier alpha value is -0.810. The lowest BCUT2D eigenvalue weighted by Gasteiger charge is -2.02. The van der Waals surface area contributed by atoms with Crippen LogP contribution in [0.3, 0.4) is 0 Å². The van der Waals surface area contributed by atoms with Crippen LogP contribution < -0.4 is 0 Å². The molecule has 1 aromatic carbocycles. The van der Waals surface area contributed by atoms with Crippen molar-refractivity contribution in [1.29, 1.82) is 0 Å². The van der Waals surface area contributed by atoms with Gasteiger partial charge in [0.15, 0.2) is 5.69 Å². The van der Waals surface area contributed by atoms with Crippen molar-refractivity contribution in [2.45, 2.75) is 13.8 Å². The number of halogens is 1. The first-order chi connectivity index (χ1) is 5.16. The Morgan fingerprint density at radius 2 is 2.00 bits per heavy atom. The van der Waals surface area contributed by atoms with Crippen LogP contribution in [0.15, 0.2) is 16.6 Å². The third kappa shape index (κ3) is 1.44. The molecule has 11 heavy (non-hydrogen) atoms. The Labute approximate surface area is 75.0 Å². The van der Waals surface area contributed by atoms with Gasteiger partial charge in [-0.05, 0) is 25.0 Å². The highest BCUT2D eigenvalue weighted by Gasteiger charge is 2.02. The molecule has 0 N–H and O–H groups in total. The minimum atomic E-state index is 0.725. The summed E-state index contributed by atoms with van der Waals surface area (Å²) in [6.45, 7) is 10.8. The summed E-state index contributed by atoms with van der Waals surface area (Å²) < 4.78 is 1.05. The highest BCUT2D eigenvalue weighted by molar-refractivity contribution is 9.10. The van der Waals surface area contributed by atoms with Crippen molar-refractivity contribution in [3.8, 4) is 0 Å². The SMILES string of the molecule is [C-]#[N+]c1ccc(C)c(Br)c1C. The molecule has 1 rings (SSSR count). The quantitative estimate of drug-likeness (QED) is 0.576. The van der Waals surface area contributed by atoms with Crippen molar-refractivity contribution in [3.63, 3.8) is 0 Å². The van der Waals surface area contributed by atoms with E-state index in [0.29, 0.717) is 0 Å². The maximum absolute atomic E-state index is 6.86. The van der Waals surface area contributed by atoms with Crippen LogP contribution in [-0.4, -0.2) is 0 Å². The van der Waals surface area contributed by atoms with E-state index in [0.717, 1.165) is 15.7 Å². The molecule has 0 aliphatic rings. The van der Waals surface area contributed by atoms with Gasteiger partial charge in [0, 0.05) is 4.47 Å². The zero-order valence-electron chi connectivity index (χ0n) is 6.48. The number of rotatable bonds is 0. The number of aryl methyl sites for hydroxylation is 1. The first-order valence-corrected chi connectivity index (χ1v) is 4.09. The molecular weight excluding hydrogens is 202 g/mol. The van der Waals surface area contributed by atoms with Gasteiger partial charge in [0.05, 0.1) is 6.57 Å². The molecule has 0 saturated carbocycles. The van der Waals surface area contributed by atoms with E-state index in [9.17, 15) is 0 Å². The van der Waals surface area contributed by atoms with Gasteiger partial charge in [0.25, 0.3) is 0 Å². The number of hydrogen-bond acceptors (Lipinski definition) is 0. The average Bonchev–Trinajstić information content (AvgIpc) is 2.01. The van der Waals surface area contributed by atoms with Crippen molar-refractivity contribution in [2.24, 2.45) is 0 Å². The van der Waals surface area contributed by atoms with E-state index >= 15 is 0 Å². The Balaban J connectivity index is 3.40. The van der Waals surface area contributed by atoms with Crippen LogP contribution >= 0.6 is 15.9 Å². The summed E-state index contributed by atoms with van der Waals surface area (Å²) in [6.07, 6.45) is 0. The van der Waals surface area contributed by atoms with Crippen molar-refractivity contribution < 1.29 is 0 Å². The molecule has 1 aromatic rings. The first kappa shape index (κ1) is 8.29. The number of nitrogens with zero attached hydrogens (tertiary/aromatic N) is 1. The van der Waals surface area contributed by atoms with Gasteiger partial charge in [-0.2, -0.15) is 0 Å². The van der Waals surface area contributed by atoms with Gasteiger partial charge >= 0.3 is 0 Å². The molecule has 2 heteroatoms. The van der Waals surface area contributed by atoms with Crippen LogP contribution in [0.5, 0.6) is 0 Å². The van der Waals surface area contributed by atoms with Crippen LogP contribution in [0.4, 0.5) is 5.69 Å². The van der Waals surface area contributed by atoms with E-state index < -0.39 is 0 Å². The summed E-state index contributed by atoms with van der Waals surface area (Å²) >= 11 is 3.43. The molecule has 1 nitrogen and oxygen atoms in total. The van der Waals surface area contributed by atoms with Gasteiger partial charge < -0.3 is 0 Å². The largest absolute Gasteiger partial charge is 0.238 e. The Kier molecular flexibility index (Phi) is 2.31. The fourth-order valence-corrected chi connectivity index (χ4v) is 1.27. The first-order valence-electron chi connectivity index (χ1n) is 3.30. The molecule has 0 radical (unpaired) electrons. The molecule has 0 aliphatic heterocycles. The van der Waals surface area contributed by atoms with Crippen molar-refractivity contribution in [2.75, 3.05) is 0 Å². The Bertz CT molecular complexity index is 323. The van der Waals surface area contributed by atoms with Gasteiger partial charge in [-0.15, -0.1) is 0 Å². The van der Waals surface area contributed by atoms with Gasteiger partial charge in [0.1, 0.15) is 0 Å². The lowest BCUT2D eigenvalue weighted by Crippen LogP contribution is -1.80. The van der Waals surface area contributed by atoms with Crippen LogP contribution in [-0.2, 0) is 0 Å². The topological polar surface area (TPSA) is 4.36 Å². The molecule has 0 unspecified atom stereocenters. The summed E-state index contributed by atoms with van der Waals surface area (Å²) in [5, 5.41) is 0. The second kappa shape index (κ2) is 3.06. The van der Waals surface area contributed by atoms with Crippen molar-refractivity contribution in [1.82, 2.24) is 0 Å². The molecule has 0 amide bonds. The second-order valence-corrected chi connectivity index (χ2v) is 3.25. The maximum Gasteiger partial charge on any atom is 0.191 e. The summed E-state index contributed by atoms with van der Waals surface area (Å²) in [6, 6.07) is 3.80. The normalized spacial score (nSPS) is 9.27. The summed E-state index contributed by atoms with van der Waals surface area (Å²) in [7, 11) is 0. The van der Waals surface area contributed by atoms with Crippen LogP contribution in [0.1, 0.15) is 11.1 Å². The van der Waals surface area contributed by atoms with Gasteiger partial charge in [-0.25, -0.2) is 4.85 Å². The minimum absolute atomic E-state index is 0.725. The predicted molar refractivity (Wildman–Crippen MR) is 49.9 cm³/mol. The Morgan fingerprint density at radius 3 is 2.55 bits per heavy atom. The van der Waals surface area contributed by atoms with Gasteiger partial charge in [0.2, 0.25) is 0 Å². The lowest BCUT2D eigenvalue weighted by atomic mass is 10.1. The monoisotopic (exact) mass is 209 g/mol. The van der Waals surface area contributed by atoms with Crippen LogP contribution in [0, 0.1) is 20.4 Å². The third-order valence-corrected chi connectivity index (χ3v) is 2.89. The summed E-state index contributed by atoms with van der Waals surface area (Å²) in [4.78, 5) is 3.39. The zero-order valence-corrected chi connectivity index (χ0v) is 8.07. The number of benzene rings is 1. The molecule has 0 atom stereocenters. The van der Waals surface area contributed by atoms with E-state index in [1.54, 1.807) is 0 Å². The molecule has 0 aromatic heterocycles. The Morgan fingerprint density at radius 1 is 1.36 bits per heavy atom. The summed E-state index contributed by atoms with van der Waals surface area (Å²) in [5.74, 6) is 0. The minimum Gasteiger partial charge on any atom is -0.238 e.